The van der Waals surface area contributed by atoms with E-state index in [0.717, 1.165) is 12.0 Å². The van der Waals surface area contributed by atoms with Gasteiger partial charge in [0, 0.05) is 13.0 Å². The number of rotatable bonds is 5. The molecule has 0 aliphatic carbocycles. The zero-order valence-corrected chi connectivity index (χ0v) is 11.8. The second kappa shape index (κ2) is 6.58. The Balaban J connectivity index is 2.00. The number of carboxylic acids is 1. The summed E-state index contributed by atoms with van der Waals surface area (Å²) in [7, 11) is 0. The smallest absolute Gasteiger partial charge is 0.326 e. The zero-order valence-electron chi connectivity index (χ0n) is 11.8. The van der Waals surface area contributed by atoms with E-state index in [-0.39, 0.29) is 24.0 Å². The average molecular weight is 293 g/mol. The van der Waals surface area contributed by atoms with Crippen LogP contribution in [0.25, 0.3) is 0 Å². The van der Waals surface area contributed by atoms with Gasteiger partial charge >= 0.3 is 5.97 Å². The van der Waals surface area contributed by atoms with Crippen molar-refractivity contribution in [3.05, 3.63) is 29.8 Å². The van der Waals surface area contributed by atoms with Crippen molar-refractivity contribution in [2.45, 2.75) is 31.9 Å². The SMILES string of the molecule is CC1CCOC1C(=O)N[C@H](Cc1ccc(O)cc1)C(=O)O. The number of nitrogens with one attached hydrogen (secondary N) is 1. The van der Waals surface area contributed by atoms with Gasteiger partial charge < -0.3 is 20.3 Å². The molecule has 1 aromatic carbocycles. The molecular weight excluding hydrogens is 274 g/mol. The number of aliphatic carboxylic acids is 1. The van der Waals surface area contributed by atoms with Crippen molar-refractivity contribution < 1.29 is 24.5 Å². The van der Waals surface area contributed by atoms with Gasteiger partial charge in [-0.1, -0.05) is 19.1 Å². The number of ether oxygens (including phenoxy) is 1. The van der Waals surface area contributed by atoms with Gasteiger partial charge in [0.25, 0.3) is 0 Å². The maximum Gasteiger partial charge on any atom is 0.326 e. The lowest BCUT2D eigenvalue weighted by Gasteiger charge is -2.19. The number of carboxylic acid groups (broad SMARTS) is 1. The summed E-state index contributed by atoms with van der Waals surface area (Å²) in [6.07, 6.45) is 0.377. The molecule has 2 rings (SSSR count). The zero-order chi connectivity index (χ0) is 15.4. The van der Waals surface area contributed by atoms with E-state index in [1.807, 2.05) is 6.92 Å². The van der Waals surface area contributed by atoms with Crippen LogP contribution in [-0.2, 0) is 20.7 Å². The van der Waals surface area contributed by atoms with Gasteiger partial charge in [0.1, 0.15) is 17.9 Å². The number of benzene rings is 1. The molecule has 0 spiro atoms. The van der Waals surface area contributed by atoms with E-state index in [1.165, 1.54) is 12.1 Å². The lowest BCUT2D eigenvalue weighted by molar-refractivity contribution is -0.144. The van der Waals surface area contributed by atoms with Crippen molar-refractivity contribution in [1.29, 1.82) is 0 Å². The number of carbonyl (C=O) groups is 2. The molecule has 1 aromatic rings. The van der Waals surface area contributed by atoms with Gasteiger partial charge in [-0.15, -0.1) is 0 Å². The van der Waals surface area contributed by atoms with E-state index in [0.29, 0.717) is 6.61 Å². The minimum atomic E-state index is -1.10. The molecule has 0 radical (unpaired) electrons. The molecule has 0 saturated carbocycles. The van der Waals surface area contributed by atoms with Crippen LogP contribution in [0.1, 0.15) is 18.9 Å². The van der Waals surface area contributed by atoms with E-state index < -0.39 is 18.1 Å². The summed E-state index contributed by atoms with van der Waals surface area (Å²) in [4.78, 5) is 23.4. The predicted molar refractivity (Wildman–Crippen MR) is 74.9 cm³/mol. The second-order valence-corrected chi connectivity index (χ2v) is 5.33. The summed E-state index contributed by atoms with van der Waals surface area (Å²) in [5.41, 5.74) is 0.723. The highest BCUT2D eigenvalue weighted by Gasteiger charge is 2.33. The molecular formula is C15H19NO5. The number of phenolic OH excluding ortho intramolecular Hbond substituents is 1. The Kier molecular flexibility index (Phi) is 4.80. The number of hydrogen-bond acceptors (Lipinski definition) is 4. The highest BCUT2D eigenvalue weighted by atomic mass is 16.5. The fraction of sp³-hybridized carbons (Fsp3) is 0.467. The maximum atomic E-state index is 12.1. The average Bonchev–Trinajstić information content (AvgIpc) is 2.86. The molecule has 1 fully saturated rings. The molecule has 1 aliphatic heterocycles. The molecule has 1 amide bonds. The Bertz CT molecular complexity index is 513. The topological polar surface area (TPSA) is 95.9 Å². The molecule has 6 heteroatoms. The Hall–Kier alpha value is -2.08. The first kappa shape index (κ1) is 15.3. The molecule has 3 N–H and O–H groups in total. The molecule has 1 saturated heterocycles. The highest BCUT2D eigenvalue weighted by molar-refractivity contribution is 5.86. The van der Waals surface area contributed by atoms with Crippen LogP contribution in [0, 0.1) is 5.92 Å². The van der Waals surface area contributed by atoms with Crippen LogP contribution < -0.4 is 5.32 Å². The summed E-state index contributed by atoms with van der Waals surface area (Å²) in [6, 6.07) is 5.22. The molecule has 2 unspecified atom stereocenters. The number of phenols is 1. The van der Waals surface area contributed by atoms with Crippen LogP contribution in [0.3, 0.4) is 0 Å². The van der Waals surface area contributed by atoms with Crippen molar-refractivity contribution in [2.75, 3.05) is 6.61 Å². The molecule has 6 nitrogen and oxygen atoms in total. The van der Waals surface area contributed by atoms with Gasteiger partial charge in [0.2, 0.25) is 5.91 Å². The van der Waals surface area contributed by atoms with Gasteiger partial charge in [0.15, 0.2) is 0 Å². The quantitative estimate of drug-likeness (QED) is 0.750. The summed E-state index contributed by atoms with van der Waals surface area (Å²) in [5, 5.41) is 21.0. The van der Waals surface area contributed by atoms with Gasteiger partial charge in [-0.3, -0.25) is 4.79 Å². The molecule has 0 bridgehead atoms. The summed E-state index contributed by atoms with van der Waals surface area (Å²) >= 11 is 0. The number of carbonyl (C=O) groups excluding carboxylic acids is 1. The Labute approximate surface area is 122 Å². The largest absolute Gasteiger partial charge is 0.508 e. The van der Waals surface area contributed by atoms with E-state index in [1.54, 1.807) is 12.1 Å². The number of amides is 1. The maximum absolute atomic E-state index is 12.1. The number of aromatic hydroxyl groups is 1. The lowest BCUT2D eigenvalue weighted by atomic mass is 10.0. The van der Waals surface area contributed by atoms with Crippen LogP contribution >= 0.6 is 0 Å². The standard InChI is InChI=1S/C15H19NO5/c1-9-6-7-21-13(9)14(18)16-12(15(19)20)8-10-2-4-11(17)5-3-10/h2-5,9,12-13,17H,6-8H2,1H3,(H,16,18)(H,19,20)/t9?,12-,13?/m1/s1. The van der Waals surface area contributed by atoms with E-state index in [2.05, 4.69) is 5.32 Å². The fourth-order valence-corrected chi connectivity index (χ4v) is 2.35. The van der Waals surface area contributed by atoms with Crippen molar-refractivity contribution in [3.63, 3.8) is 0 Å². The molecule has 1 heterocycles. The number of hydrogen-bond donors (Lipinski definition) is 3. The molecule has 0 aromatic heterocycles. The van der Waals surface area contributed by atoms with Crippen LogP contribution in [0.15, 0.2) is 24.3 Å². The first-order valence-corrected chi connectivity index (χ1v) is 6.90. The third-order valence-corrected chi connectivity index (χ3v) is 3.64. The van der Waals surface area contributed by atoms with E-state index in [4.69, 9.17) is 4.74 Å². The van der Waals surface area contributed by atoms with Crippen molar-refractivity contribution in [2.24, 2.45) is 5.92 Å². The molecule has 1 aliphatic rings. The van der Waals surface area contributed by atoms with Crippen LogP contribution in [0.4, 0.5) is 0 Å². The first-order valence-electron chi connectivity index (χ1n) is 6.90. The second-order valence-electron chi connectivity index (χ2n) is 5.33. The Morgan fingerprint density at radius 2 is 2.05 bits per heavy atom. The van der Waals surface area contributed by atoms with Gasteiger partial charge in [-0.05, 0) is 30.0 Å². The first-order chi connectivity index (χ1) is 9.97. The Morgan fingerprint density at radius 3 is 2.57 bits per heavy atom. The van der Waals surface area contributed by atoms with Gasteiger partial charge in [-0.25, -0.2) is 4.79 Å². The normalized spacial score (nSPS) is 22.7. The van der Waals surface area contributed by atoms with Crippen LogP contribution in [0.5, 0.6) is 5.75 Å². The monoisotopic (exact) mass is 293 g/mol. The highest BCUT2D eigenvalue weighted by Crippen LogP contribution is 2.20. The molecule has 21 heavy (non-hydrogen) atoms. The van der Waals surface area contributed by atoms with Crippen molar-refractivity contribution in [3.8, 4) is 5.75 Å². The van der Waals surface area contributed by atoms with Crippen molar-refractivity contribution >= 4 is 11.9 Å². The lowest BCUT2D eigenvalue weighted by Crippen LogP contribution is -2.47. The Morgan fingerprint density at radius 1 is 1.38 bits per heavy atom. The minimum Gasteiger partial charge on any atom is -0.508 e. The minimum absolute atomic E-state index is 0.0908. The molecule has 114 valence electrons. The third kappa shape index (κ3) is 3.95. The van der Waals surface area contributed by atoms with Crippen molar-refractivity contribution in [1.82, 2.24) is 5.32 Å². The van der Waals surface area contributed by atoms with Crippen LogP contribution in [0.2, 0.25) is 0 Å². The van der Waals surface area contributed by atoms with Crippen LogP contribution in [-0.4, -0.2) is 40.8 Å². The molecule has 3 atom stereocenters. The van der Waals surface area contributed by atoms with E-state index in [9.17, 15) is 19.8 Å². The van der Waals surface area contributed by atoms with Gasteiger partial charge in [0.05, 0.1) is 0 Å². The predicted octanol–water partition coefficient (Wildman–Crippen LogP) is 0.929. The van der Waals surface area contributed by atoms with Gasteiger partial charge in [-0.2, -0.15) is 0 Å². The fourth-order valence-electron chi connectivity index (χ4n) is 2.35. The summed E-state index contributed by atoms with van der Waals surface area (Å²) < 4.78 is 5.34. The summed E-state index contributed by atoms with van der Waals surface area (Å²) in [5.74, 6) is -1.27. The third-order valence-electron chi connectivity index (χ3n) is 3.64. The summed E-state index contributed by atoms with van der Waals surface area (Å²) in [6.45, 7) is 2.43. The van der Waals surface area contributed by atoms with E-state index >= 15 is 0 Å².